The van der Waals surface area contributed by atoms with Crippen molar-refractivity contribution < 1.29 is 38.9 Å². The molecule has 3 aliphatic rings. The van der Waals surface area contributed by atoms with Crippen LogP contribution in [-0.4, -0.2) is 76.1 Å². The van der Waals surface area contributed by atoms with Gasteiger partial charge in [-0.25, -0.2) is 4.79 Å². The van der Waals surface area contributed by atoms with Crippen LogP contribution in [0.15, 0.2) is 59.4 Å². The van der Waals surface area contributed by atoms with E-state index in [0.29, 0.717) is 95.3 Å². The van der Waals surface area contributed by atoms with E-state index < -0.39 is 23.7 Å². The molecule has 3 N–H and O–H groups in total. The minimum atomic E-state index is -0.832. The molecule has 12 heteroatoms. The molecule has 1 fully saturated rings. The van der Waals surface area contributed by atoms with Gasteiger partial charge in [-0.3, -0.25) is 19.2 Å². The van der Waals surface area contributed by atoms with Crippen LogP contribution in [0.5, 0.6) is 17.2 Å². The Hall–Kier alpha value is -5.39. The van der Waals surface area contributed by atoms with Crippen molar-refractivity contribution in [3.63, 3.8) is 0 Å². The van der Waals surface area contributed by atoms with Crippen molar-refractivity contribution in [1.82, 2.24) is 14.8 Å². The van der Waals surface area contributed by atoms with Crippen molar-refractivity contribution in [1.29, 1.82) is 0 Å². The SMILES string of the molecule is COc1ccc(C(CC(=O)NCCCCCC(=O)N2CC3CC(C2)c2cccc(=O)n2C3)c2c(O)cc3c(c2O)C(=O)O[C@@H](C)CCCC(=O)CCCC=C3)cc1. The zero-order chi connectivity index (χ0) is 40.5. The molecule has 4 heterocycles. The first-order valence-corrected chi connectivity index (χ1v) is 20.4. The van der Waals surface area contributed by atoms with E-state index in [4.69, 9.17) is 9.47 Å². The molecule has 1 aromatic heterocycles. The second kappa shape index (κ2) is 19.2. The lowest BCUT2D eigenvalue weighted by atomic mass is 9.83. The Labute approximate surface area is 333 Å². The average Bonchev–Trinajstić information content (AvgIpc) is 3.18. The van der Waals surface area contributed by atoms with E-state index in [1.807, 2.05) is 15.5 Å². The van der Waals surface area contributed by atoms with Crippen LogP contribution in [-0.2, 0) is 25.7 Å². The molecular formula is C45H55N3O9. The van der Waals surface area contributed by atoms with Crippen LogP contribution in [0.2, 0.25) is 0 Å². The first kappa shape index (κ1) is 41.2. The number of phenolic OH excluding ortho intramolecular Hbond substituents is 2. The molecule has 0 aliphatic carbocycles. The minimum absolute atomic E-state index is 0.0218. The summed E-state index contributed by atoms with van der Waals surface area (Å²) in [7, 11) is 1.54. The maximum Gasteiger partial charge on any atom is 0.342 e. The summed E-state index contributed by atoms with van der Waals surface area (Å²) in [5.41, 5.74) is 1.87. The topological polar surface area (TPSA) is 164 Å². The maximum absolute atomic E-state index is 13.7. The number of unbranched alkanes of at least 4 members (excludes halogenated alkanes) is 2. The van der Waals surface area contributed by atoms with Crippen LogP contribution < -0.4 is 15.6 Å². The molecule has 304 valence electrons. The summed E-state index contributed by atoms with van der Waals surface area (Å²) in [6.07, 6.45) is 9.44. The normalized spacial score (nSPS) is 20.4. The monoisotopic (exact) mass is 781 g/mol. The predicted molar refractivity (Wildman–Crippen MR) is 215 cm³/mol. The summed E-state index contributed by atoms with van der Waals surface area (Å²) in [6, 6.07) is 13.8. The van der Waals surface area contributed by atoms with Gasteiger partial charge in [0.05, 0.1) is 13.2 Å². The number of cyclic esters (lactones) is 1. The summed E-state index contributed by atoms with van der Waals surface area (Å²) < 4.78 is 12.9. The lowest BCUT2D eigenvalue weighted by molar-refractivity contribution is -0.134. The van der Waals surface area contributed by atoms with Gasteiger partial charge in [0.1, 0.15) is 28.6 Å². The number of methoxy groups -OCH3 is 1. The molecule has 2 aromatic carbocycles. The van der Waals surface area contributed by atoms with Crippen molar-refractivity contribution in [3.8, 4) is 17.2 Å². The number of likely N-dealkylation sites (tertiary alicyclic amines) is 1. The van der Waals surface area contributed by atoms with E-state index in [0.717, 1.165) is 18.5 Å². The Morgan fingerprint density at radius 2 is 1.77 bits per heavy atom. The molecule has 3 aromatic rings. The van der Waals surface area contributed by atoms with Crippen LogP contribution >= 0.6 is 0 Å². The highest BCUT2D eigenvalue weighted by Crippen LogP contribution is 2.44. The minimum Gasteiger partial charge on any atom is -0.507 e. The van der Waals surface area contributed by atoms with Gasteiger partial charge in [-0.2, -0.15) is 0 Å². The number of aromatic hydroxyl groups is 2. The number of ether oxygens (including phenoxy) is 2. The third-order valence-electron chi connectivity index (χ3n) is 11.5. The highest BCUT2D eigenvalue weighted by molar-refractivity contribution is 5.98. The zero-order valence-corrected chi connectivity index (χ0v) is 33.0. The number of hydrogen-bond acceptors (Lipinski definition) is 9. The summed E-state index contributed by atoms with van der Waals surface area (Å²) in [5.74, 6) is -1.30. The number of rotatable bonds is 11. The molecule has 12 nitrogen and oxygen atoms in total. The lowest BCUT2D eigenvalue weighted by Gasteiger charge is -2.42. The number of benzene rings is 2. The number of Topliss-reactive ketones (excluding diaryl/α,β-unsaturated/α-hetero) is 1. The van der Waals surface area contributed by atoms with Gasteiger partial charge in [-0.1, -0.05) is 36.8 Å². The smallest absolute Gasteiger partial charge is 0.342 e. The van der Waals surface area contributed by atoms with E-state index in [1.165, 1.54) is 6.07 Å². The number of fused-ring (bicyclic) bond motifs is 5. The van der Waals surface area contributed by atoms with E-state index in [1.54, 1.807) is 62.6 Å². The Kier molecular flexibility index (Phi) is 13.9. The van der Waals surface area contributed by atoms with Gasteiger partial charge in [0.15, 0.2) is 0 Å². The van der Waals surface area contributed by atoms with Gasteiger partial charge in [0.2, 0.25) is 11.8 Å². The van der Waals surface area contributed by atoms with Gasteiger partial charge < -0.3 is 34.5 Å². The fraction of sp³-hybridized carbons (Fsp3) is 0.489. The molecule has 0 radical (unpaired) electrons. The largest absolute Gasteiger partial charge is 0.507 e. The fourth-order valence-electron chi connectivity index (χ4n) is 8.56. The number of allylic oxidation sites excluding steroid dienone is 1. The van der Waals surface area contributed by atoms with Crippen molar-refractivity contribution in [2.75, 3.05) is 26.7 Å². The number of hydrogen-bond donors (Lipinski definition) is 3. The number of carbonyl (C=O) groups is 4. The van der Waals surface area contributed by atoms with Crippen LogP contribution in [0.25, 0.3) is 6.08 Å². The molecular weight excluding hydrogens is 727 g/mol. The standard InChI is InChI=1S/C45H55N3O9/c1-29-11-9-14-34(49)13-6-3-5-12-32-24-38(50)43(44(54)42(32)45(55)57-29)36(31-18-20-35(56-2)21-19-31)25-39(51)46-22-8-4-7-16-40(52)47-26-30-23-33(28-47)37-15-10-17-41(53)48(37)27-30/h5,10,12,15,17-21,24,29-30,33,36,50,54H,3-4,6-9,11,13-14,16,22-23,25-28H2,1-2H3,(H,46,51)/t29-,30?,33?,36?/m0/s1. The van der Waals surface area contributed by atoms with Gasteiger partial charge in [-0.05, 0) is 93.2 Å². The number of nitrogens with zero attached hydrogens (tertiary/aromatic N) is 2. The molecule has 4 atom stereocenters. The number of carbonyl (C=O) groups excluding carboxylic acids is 4. The van der Waals surface area contributed by atoms with Gasteiger partial charge in [-0.15, -0.1) is 0 Å². The first-order valence-electron chi connectivity index (χ1n) is 20.4. The van der Waals surface area contributed by atoms with Crippen LogP contribution in [0.3, 0.4) is 0 Å². The number of ketones is 1. The second-order valence-corrected chi connectivity index (χ2v) is 15.8. The molecule has 0 spiro atoms. The van der Waals surface area contributed by atoms with E-state index in [2.05, 4.69) is 5.32 Å². The number of phenols is 2. The number of aromatic nitrogens is 1. The third kappa shape index (κ3) is 10.3. The van der Waals surface area contributed by atoms with Gasteiger partial charge >= 0.3 is 5.97 Å². The van der Waals surface area contributed by atoms with Crippen molar-refractivity contribution in [2.24, 2.45) is 5.92 Å². The number of pyridine rings is 1. The van der Waals surface area contributed by atoms with Crippen molar-refractivity contribution in [2.45, 2.75) is 108 Å². The Morgan fingerprint density at radius 1 is 0.982 bits per heavy atom. The summed E-state index contributed by atoms with van der Waals surface area (Å²) in [4.78, 5) is 66.9. The quantitative estimate of drug-likeness (QED) is 0.144. The molecule has 1 saturated heterocycles. The molecule has 2 amide bonds. The average molecular weight is 782 g/mol. The molecule has 3 aliphatic heterocycles. The Morgan fingerprint density at radius 3 is 2.56 bits per heavy atom. The van der Waals surface area contributed by atoms with Crippen LogP contribution in [0, 0.1) is 5.92 Å². The summed E-state index contributed by atoms with van der Waals surface area (Å²) >= 11 is 0. The molecule has 57 heavy (non-hydrogen) atoms. The Bertz CT molecular complexity index is 2020. The molecule has 3 unspecified atom stereocenters. The lowest BCUT2D eigenvalue weighted by Crippen LogP contribution is -2.49. The van der Waals surface area contributed by atoms with Crippen LogP contribution in [0.1, 0.15) is 129 Å². The second-order valence-electron chi connectivity index (χ2n) is 15.8. The van der Waals surface area contributed by atoms with Crippen molar-refractivity contribution >= 4 is 29.6 Å². The maximum atomic E-state index is 13.7. The summed E-state index contributed by atoms with van der Waals surface area (Å²) in [5, 5.41) is 26.3. The zero-order valence-electron chi connectivity index (χ0n) is 33.0. The first-order chi connectivity index (χ1) is 27.5. The van der Waals surface area contributed by atoms with E-state index in [9.17, 15) is 34.2 Å². The van der Waals surface area contributed by atoms with E-state index >= 15 is 0 Å². The van der Waals surface area contributed by atoms with E-state index in [-0.39, 0.29) is 63.9 Å². The molecule has 2 bridgehead atoms. The van der Waals surface area contributed by atoms with Gasteiger partial charge in [0, 0.05) is 81.0 Å². The highest BCUT2D eigenvalue weighted by Gasteiger charge is 2.36. The molecule has 6 rings (SSSR count). The number of esters is 1. The van der Waals surface area contributed by atoms with Crippen molar-refractivity contribution in [3.05, 3.63) is 92.9 Å². The highest BCUT2D eigenvalue weighted by atomic mass is 16.5. The number of amides is 2. The predicted octanol–water partition coefficient (Wildman–Crippen LogP) is 6.59. The van der Waals surface area contributed by atoms with Crippen LogP contribution in [0.4, 0.5) is 0 Å². The summed E-state index contributed by atoms with van der Waals surface area (Å²) in [6.45, 7) is 4.06. The number of nitrogens with one attached hydrogen (secondary N) is 1. The third-order valence-corrected chi connectivity index (χ3v) is 11.5. The fourth-order valence-corrected chi connectivity index (χ4v) is 8.56. The van der Waals surface area contributed by atoms with Gasteiger partial charge in [0.25, 0.3) is 5.56 Å². The molecule has 0 saturated carbocycles. The number of piperidine rings is 1. The Balaban J connectivity index is 1.10.